The highest BCUT2D eigenvalue weighted by molar-refractivity contribution is 7.65. The van der Waals surface area contributed by atoms with Crippen molar-refractivity contribution in [2.75, 3.05) is 12.3 Å². The van der Waals surface area contributed by atoms with E-state index in [1.165, 1.54) is 50.8 Å². The normalized spacial score (nSPS) is 10.4. The lowest BCUT2D eigenvalue weighted by Crippen LogP contribution is -2.06. The molecule has 104 valence electrons. The highest BCUT2D eigenvalue weighted by atomic mass is 35.5. The maximum absolute atomic E-state index is 2.34. The van der Waals surface area contributed by atoms with Crippen molar-refractivity contribution < 1.29 is 0 Å². The molecule has 0 heterocycles. The SMILES string of the molecule is CCCCCP(CCCCC)c1ccccc1.Cl. The number of hydrogen-bond donors (Lipinski definition) is 0. The zero-order valence-electron chi connectivity index (χ0n) is 11.9. The van der Waals surface area contributed by atoms with Gasteiger partial charge in [-0.3, -0.25) is 0 Å². The Morgan fingerprint density at radius 2 is 1.28 bits per heavy atom. The van der Waals surface area contributed by atoms with Gasteiger partial charge in [0.1, 0.15) is 0 Å². The predicted molar refractivity (Wildman–Crippen MR) is 89.0 cm³/mol. The standard InChI is InChI=1S/C16H27P.ClH/c1-3-5-10-14-17(15-11-6-4-2)16-12-8-7-9-13-16;/h7-9,12-13H,3-6,10-11,14-15H2,1-2H3;1H. The zero-order chi connectivity index (χ0) is 12.3. The van der Waals surface area contributed by atoms with Crippen LogP contribution in [0.3, 0.4) is 0 Å². The molecular weight excluding hydrogens is 259 g/mol. The third-order valence-electron chi connectivity index (χ3n) is 3.18. The second-order valence-corrected chi connectivity index (χ2v) is 7.23. The summed E-state index contributed by atoms with van der Waals surface area (Å²) in [5.74, 6) is 0. The summed E-state index contributed by atoms with van der Waals surface area (Å²) in [6.07, 6.45) is 11.2. The quantitative estimate of drug-likeness (QED) is 0.410. The molecule has 0 fully saturated rings. The van der Waals surface area contributed by atoms with E-state index in [1.807, 2.05) is 0 Å². The molecule has 1 rings (SSSR count). The first-order chi connectivity index (χ1) is 8.38. The van der Waals surface area contributed by atoms with Crippen molar-refractivity contribution in [3.63, 3.8) is 0 Å². The number of rotatable bonds is 9. The fraction of sp³-hybridized carbons (Fsp3) is 0.625. The van der Waals surface area contributed by atoms with Gasteiger partial charge < -0.3 is 0 Å². The van der Waals surface area contributed by atoms with Crippen LogP contribution in [0.4, 0.5) is 0 Å². The van der Waals surface area contributed by atoms with Crippen LogP contribution in [-0.4, -0.2) is 12.3 Å². The average Bonchev–Trinajstić information content (AvgIpc) is 2.38. The molecule has 2 heteroatoms. The van der Waals surface area contributed by atoms with Crippen LogP contribution >= 0.6 is 20.3 Å². The Labute approximate surface area is 121 Å². The van der Waals surface area contributed by atoms with Gasteiger partial charge in [-0.25, -0.2) is 0 Å². The fourth-order valence-corrected chi connectivity index (χ4v) is 4.66. The summed E-state index contributed by atoms with van der Waals surface area (Å²) in [4.78, 5) is 0. The monoisotopic (exact) mass is 286 g/mol. The first kappa shape index (κ1) is 17.9. The second kappa shape index (κ2) is 12.0. The Morgan fingerprint density at radius 1 is 0.778 bits per heavy atom. The molecule has 0 unspecified atom stereocenters. The minimum atomic E-state index is 0. The minimum Gasteiger partial charge on any atom is -0.147 e. The molecule has 0 saturated heterocycles. The molecule has 1 aromatic rings. The lowest BCUT2D eigenvalue weighted by Gasteiger charge is -2.18. The van der Waals surface area contributed by atoms with Crippen LogP contribution in [0.2, 0.25) is 0 Å². The van der Waals surface area contributed by atoms with E-state index in [4.69, 9.17) is 0 Å². The van der Waals surface area contributed by atoms with E-state index in [0.29, 0.717) is 0 Å². The number of hydrogen-bond acceptors (Lipinski definition) is 0. The number of unbranched alkanes of at least 4 members (excludes halogenated alkanes) is 4. The fourth-order valence-electron chi connectivity index (χ4n) is 2.11. The van der Waals surface area contributed by atoms with Gasteiger partial charge in [-0.2, -0.15) is 0 Å². The van der Waals surface area contributed by atoms with Crippen LogP contribution in [0.5, 0.6) is 0 Å². The molecule has 0 aliphatic carbocycles. The average molecular weight is 287 g/mol. The van der Waals surface area contributed by atoms with Gasteiger partial charge in [0.05, 0.1) is 0 Å². The van der Waals surface area contributed by atoms with Gasteiger partial charge in [-0.15, -0.1) is 12.4 Å². The van der Waals surface area contributed by atoms with Crippen molar-refractivity contribution in [3.8, 4) is 0 Å². The Kier molecular flexibility index (Phi) is 12.0. The molecule has 0 amide bonds. The largest absolute Gasteiger partial charge is 0.147 e. The third-order valence-corrected chi connectivity index (χ3v) is 5.93. The van der Waals surface area contributed by atoms with Crippen molar-refractivity contribution in [1.82, 2.24) is 0 Å². The van der Waals surface area contributed by atoms with E-state index >= 15 is 0 Å². The van der Waals surface area contributed by atoms with Crippen molar-refractivity contribution in [1.29, 1.82) is 0 Å². The van der Waals surface area contributed by atoms with Gasteiger partial charge in [0.25, 0.3) is 0 Å². The van der Waals surface area contributed by atoms with Gasteiger partial charge in [0, 0.05) is 0 Å². The van der Waals surface area contributed by atoms with Gasteiger partial charge in [0.2, 0.25) is 0 Å². The molecule has 0 saturated carbocycles. The van der Waals surface area contributed by atoms with Crippen LogP contribution in [0.1, 0.15) is 52.4 Å². The summed E-state index contributed by atoms with van der Waals surface area (Å²) >= 11 is 0. The van der Waals surface area contributed by atoms with Crippen LogP contribution in [0.15, 0.2) is 30.3 Å². The summed E-state index contributed by atoms with van der Waals surface area (Å²) < 4.78 is 0. The van der Waals surface area contributed by atoms with Crippen molar-refractivity contribution in [2.45, 2.75) is 52.4 Å². The topological polar surface area (TPSA) is 0 Å². The lowest BCUT2D eigenvalue weighted by atomic mass is 10.3. The summed E-state index contributed by atoms with van der Waals surface area (Å²) in [5.41, 5.74) is 0. The highest BCUT2D eigenvalue weighted by Gasteiger charge is 2.09. The highest BCUT2D eigenvalue weighted by Crippen LogP contribution is 2.36. The zero-order valence-corrected chi connectivity index (χ0v) is 13.6. The van der Waals surface area contributed by atoms with Crippen molar-refractivity contribution in [2.24, 2.45) is 0 Å². The molecule has 0 bridgehead atoms. The summed E-state index contributed by atoms with van der Waals surface area (Å²) in [6, 6.07) is 11.2. The second-order valence-electron chi connectivity index (χ2n) is 4.74. The predicted octanol–water partition coefficient (Wildman–Crippen LogP) is 5.60. The Morgan fingerprint density at radius 3 is 1.72 bits per heavy atom. The maximum Gasteiger partial charge on any atom is -0.0240 e. The lowest BCUT2D eigenvalue weighted by molar-refractivity contribution is 0.763. The first-order valence-electron chi connectivity index (χ1n) is 7.18. The molecule has 0 aliphatic heterocycles. The number of benzene rings is 1. The Hall–Kier alpha value is -0.0600. The molecule has 0 spiro atoms. The molecule has 0 radical (unpaired) electrons. The molecule has 0 aliphatic rings. The number of halogens is 1. The van der Waals surface area contributed by atoms with Crippen LogP contribution in [0.25, 0.3) is 0 Å². The summed E-state index contributed by atoms with van der Waals surface area (Å²) in [6.45, 7) is 4.59. The van der Waals surface area contributed by atoms with Crippen molar-refractivity contribution in [3.05, 3.63) is 30.3 Å². The van der Waals surface area contributed by atoms with E-state index in [-0.39, 0.29) is 20.3 Å². The Bertz CT molecular complexity index is 264. The molecule has 18 heavy (non-hydrogen) atoms. The summed E-state index contributed by atoms with van der Waals surface area (Å²) in [5, 5.41) is 1.62. The molecule has 1 aromatic carbocycles. The summed E-state index contributed by atoms with van der Waals surface area (Å²) in [7, 11) is 0.121. The van der Waals surface area contributed by atoms with E-state index in [9.17, 15) is 0 Å². The minimum absolute atomic E-state index is 0. The first-order valence-corrected chi connectivity index (χ1v) is 8.89. The molecule has 0 N–H and O–H groups in total. The molecule has 0 aromatic heterocycles. The molecule has 0 atom stereocenters. The molecule has 0 nitrogen and oxygen atoms in total. The van der Waals surface area contributed by atoms with Gasteiger partial charge in [0.15, 0.2) is 0 Å². The van der Waals surface area contributed by atoms with E-state index < -0.39 is 0 Å². The van der Waals surface area contributed by atoms with Crippen LogP contribution < -0.4 is 5.30 Å². The Balaban J connectivity index is 0.00000289. The van der Waals surface area contributed by atoms with Gasteiger partial charge in [-0.05, 0) is 30.5 Å². The van der Waals surface area contributed by atoms with E-state index in [2.05, 4.69) is 44.2 Å². The van der Waals surface area contributed by atoms with E-state index in [1.54, 1.807) is 5.30 Å². The van der Waals surface area contributed by atoms with E-state index in [0.717, 1.165) is 0 Å². The van der Waals surface area contributed by atoms with Gasteiger partial charge in [-0.1, -0.05) is 77.8 Å². The smallest absolute Gasteiger partial charge is 0.0240 e. The van der Waals surface area contributed by atoms with Crippen LogP contribution in [-0.2, 0) is 0 Å². The van der Waals surface area contributed by atoms with Gasteiger partial charge >= 0.3 is 0 Å². The van der Waals surface area contributed by atoms with Crippen LogP contribution in [0, 0.1) is 0 Å². The van der Waals surface area contributed by atoms with Crippen molar-refractivity contribution >= 4 is 25.6 Å². The maximum atomic E-state index is 2.34. The molecular formula is C16H28ClP. The third kappa shape index (κ3) is 7.39.